The van der Waals surface area contributed by atoms with E-state index in [-0.39, 0.29) is 11.8 Å². The predicted octanol–water partition coefficient (Wildman–Crippen LogP) is 2.86. The van der Waals surface area contributed by atoms with Crippen molar-refractivity contribution in [1.82, 2.24) is 5.32 Å². The van der Waals surface area contributed by atoms with Gasteiger partial charge >= 0.3 is 5.97 Å². The number of rotatable bonds is 5. The summed E-state index contributed by atoms with van der Waals surface area (Å²) in [7, 11) is 1.31. The Morgan fingerprint density at radius 3 is 2.29 bits per heavy atom. The van der Waals surface area contributed by atoms with Gasteiger partial charge < -0.3 is 10.1 Å². The fourth-order valence-corrected chi connectivity index (χ4v) is 2.75. The van der Waals surface area contributed by atoms with Gasteiger partial charge in [0, 0.05) is 0 Å². The number of ether oxygens (including phenoxy) is 1. The molecule has 1 aliphatic carbocycles. The van der Waals surface area contributed by atoms with Crippen LogP contribution in [-0.4, -0.2) is 31.1 Å². The Morgan fingerprint density at radius 2 is 1.86 bits per heavy atom. The van der Waals surface area contributed by atoms with Crippen molar-refractivity contribution in [3.05, 3.63) is 0 Å². The Bertz CT molecular complexity index is 401. The van der Waals surface area contributed by atoms with E-state index in [1.807, 2.05) is 20.8 Å². The van der Waals surface area contributed by atoms with E-state index in [9.17, 15) is 9.59 Å². The molecule has 1 N–H and O–H groups in total. The molecule has 1 fully saturated rings. The second-order valence-electron chi connectivity index (χ2n) is 6.51. The molecule has 0 unspecified atom stereocenters. The second kappa shape index (κ2) is 7.73. The van der Waals surface area contributed by atoms with Crippen LogP contribution < -0.4 is 5.32 Å². The highest BCUT2D eigenvalue weighted by molar-refractivity contribution is 6.14. The first-order valence-electron chi connectivity index (χ1n) is 7.20. The van der Waals surface area contributed by atoms with E-state index in [1.165, 1.54) is 7.11 Å². The van der Waals surface area contributed by atoms with Crippen LogP contribution in [0.1, 0.15) is 46.5 Å². The number of carbonyl (C=O) groups is 2. The molecule has 0 radical (unpaired) electrons. The van der Waals surface area contributed by atoms with Crippen LogP contribution in [0, 0.1) is 11.3 Å². The van der Waals surface area contributed by atoms with Gasteiger partial charge in [0.2, 0.25) is 5.91 Å². The number of hydrogen-bond donors (Lipinski definition) is 1. The predicted molar refractivity (Wildman–Crippen MR) is 79.9 cm³/mol. The number of hydrogen-bond acceptors (Lipinski definition) is 5. The van der Waals surface area contributed by atoms with Crippen molar-refractivity contribution in [3.63, 3.8) is 0 Å². The number of carbonyl (C=O) groups excluding carboxylic acids is 2. The number of amides is 1. The third-order valence-electron chi connectivity index (χ3n) is 3.87. The maximum absolute atomic E-state index is 12.5. The molecule has 120 valence electrons. The Balaban J connectivity index is 2.84. The molecule has 7 heteroatoms. The van der Waals surface area contributed by atoms with Crippen LogP contribution in [0.4, 0.5) is 0 Å². The van der Waals surface area contributed by atoms with Gasteiger partial charge in [-0.15, -0.1) is 0 Å². The van der Waals surface area contributed by atoms with Crippen molar-refractivity contribution in [2.24, 2.45) is 21.1 Å². The third kappa shape index (κ3) is 4.95. The van der Waals surface area contributed by atoms with Gasteiger partial charge in [0.05, 0.1) is 18.9 Å². The maximum Gasteiger partial charge on any atom is 0.328 e. The van der Waals surface area contributed by atoms with E-state index in [1.54, 1.807) is 0 Å². The van der Waals surface area contributed by atoms with Crippen LogP contribution >= 0.6 is 11.8 Å². The molecule has 0 spiro atoms. The lowest BCUT2D eigenvalue weighted by molar-refractivity contribution is -0.148. The van der Waals surface area contributed by atoms with Crippen LogP contribution in [0.15, 0.2) is 9.75 Å². The molecular formula is C14H24ClN3O3. The summed E-state index contributed by atoms with van der Waals surface area (Å²) in [5.41, 5.74) is -0.457. The summed E-state index contributed by atoms with van der Waals surface area (Å²) in [6, 6.07) is -1.37. The van der Waals surface area contributed by atoms with Gasteiger partial charge in [0.15, 0.2) is 6.04 Å². The summed E-state index contributed by atoms with van der Waals surface area (Å²) >= 11 is 5.32. The van der Waals surface area contributed by atoms with Crippen molar-refractivity contribution in [1.29, 1.82) is 0 Å². The summed E-state index contributed by atoms with van der Waals surface area (Å²) in [5.74, 6) is -0.661. The first-order chi connectivity index (χ1) is 9.81. The van der Waals surface area contributed by atoms with Crippen LogP contribution in [0.2, 0.25) is 0 Å². The van der Waals surface area contributed by atoms with Crippen molar-refractivity contribution in [2.45, 2.75) is 58.5 Å². The lowest BCUT2D eigenvalue weighted by Gasteiger charge is -2.30. The summed E-state index contributed by atoms with van der Waals surface area (Å²) in [6.07, 6.45) is 4.00. The molecule has 0 heterocycles. The lowest BCUT2D eigenvalue weighted by Crippen LogP contribution is -2.53. The molecule has 6 nitrogen and oxygen atoms in total. The van der Waals surface area contributed by atoms with Crippen LogP contribution in [0.3, 0.4) is 0 Å². The Morgan fingerprint density at radius 1 is 1.29 bits per heavy atom. The van der Waals surface area contributed by atoms with Gasteiger partial charge in [-0.2, -0.15) is 5.11 Å². The van der Waals surface area contributed by atoms with E-state index in [0.717, 1.165) is 25.7 Å². The van der Waals surface area contributed by atoms with E-state index < -0.39 is 23.5 Å². The van der Waals surface area contributed by atoms with Crippen molar-refractivity contribution >= 4 is 23.7 Å². The van der Waals surface area contributed by atoms with E-state index in [2.05, 4.69) is 15.1 Å². The fraction of sp³-hybridized carbons (Fsp3) is 0.857. The van der Waals surface area contributed by atoms with Gasteiger partial charge in [0.1, 0.15) is 6.04 Å². The van der Waals surface area contributed by atoms with Gasteiger partial charge in [-0.05, 0) is 24.2 Å². The molecule has 0 aromatic carbocycles. The summed E-state index contributed by atoms with van der Waals surface area (Å²) in [6.45, 7) is 5.59. The monoisotopic (exact) mass is 317 g/mol. The minimum Gasteiger partial charge on any atom is -0.467 e. The SMILES string of the molecule is COC(=O)[C@@H](NC(=O)[C@@H](N=NCl)C1CCCC1)C(C)(C)C. The normalized spacial score (nSPS) is 19.5. The fourth-order valence-electron chi connectivity index (χ4n) is 2.66. The zero-order valence-corrected chi connectivity index (χ0v) is 13.8. The van der Waals surface area contributed by atoms with Crippen LogP contribution in [-0.2, 0) is 14.3 Å². The molecule has 1 aliphatic rings. The Hall–Kier alpha value is -1.17. The van der Waals surface area contributed by atoms with E-state index in [4.69, 9.17) is 16.5 Å². The van der Waals surface area contributed by atoms with E-state index in [0.29, 0.717) is 0 Å². The van der Waals surface area contributed by atoms with Gasteiger partial charge in [-0.3, -0.25) is 4.79 Å². The minimum atomic E-state index is -0.732. The molecule has 0 aromatic heterocycles. The van der Waals surface area contributed by atoms with Crippen molar-refractivity contribution in [3.8, 4) is 0 Å². The second-order valence-corrected chi connectivity index (χ2v) is 6.66. The van der Waals surface area contributed by atoms with Crippen molar-refractivity contribution in [2.75, 3.05) is 7.11 Å². The van der Waals surface area contributed by atoms with Gasteiger partial charge in [-0.1, -0.05) is 38.2 Å². The molecule has 0 aromatic rings. The highest BCUT2D eigenvalue weighted by atomic mass is 35.5. The molecular weight excluding hydrogens is 294 g/mol. The zero-order chi connectivity index (χ0) is 16.0. The largest absolute Gasteiger partial charge is 0.467 e. The van der Waals surface area contributed by atoms with Gasteiger partial charge in [0.25, 0.3) is 0 Å². The van der Waals surface area contributed by atoms with Crippen LogP contribution in [0.5, 0.6) is 0 Å². The number of halogens is 1. The number of esters is 1. The zero-order valence-electron chi connectivity index (χ0n) is 13.1. The standard InChI is InChI=1S/C14H24ClN3O3/c1-14(2,3)11(13(20)21-4)16-12(19)10(17-18-15)9-7-5-6-8-9/h9-11H,5-8H2,1-4H3,(H,16,19)/t10-,11+/m0/s1. The molecule has 1 rings (SSSR count). The minimum absolute atomic E-state index is 0.130. The summed E-state index contributed by atoms with van der Waals surface area (Å²) in [4.78, 5) is 24.3. The highest BCUT2D eigenvalue weighted by Gasteiger charge is 2.38. The average Bonchev–Trinajstić information content (AvgIpc) is 2.93. The van der Waals surface area contributed by atoms with E-state index >= 15 is 0 Å². The summed E-state index contributed by atoms with van der Waals surface area (Å²) < 4.78 is 8.03. The molecule has 0 bridgehead atoms. The number of nitrogens with one attached hydrogen (secondary N) is 1. The maximum atomic E-state index is 12.5. The van der Waals surface area contributed by atoms with Crippen LogP contribution in [0.25, 0.3) is 0 Å². The third-order valence-corrected chi connectivity index (χ3v) is 3.96. The molecule has 0 saturated heterocycles. The number of nitrogens with zero attached hydrogens (tertiary/aromatic N) is 2. The van der Waals surface area contributed by atoms with Gasteiger partial charge in [-0.25, -0.2) is 4.79 Å². The Labute approximate surface area is 130 Å². The lowest BCUT2D eigenvalue weighted by atomic mass is 9.86. The van der Waals surface area contributed by atoms with Crippen molar-refractivity contribution < 1.29 is 14.3 Å². The smallest absolute Gasteiger partial charge is 0.328 e. The topological polar surface area (TPSA) is 80.1 Å². The molecule has 21 heavy (non-hydrogen) atoms. The summed E-state index contributed by atoms with van der Waals surface area (Å²) in [5, 5.41) is 6.60. The quantitative estimate of drug-likeness (QED) is 0.625. The molecule has 0 aliphatic heterocycles. The first-order valence-corrected chi connectivity index (χ1v) is 7.54. The Kier molecular flexibility index (Phi) is 6.58. The molecule has 1 amide bonds. The number of methoxy groups -OCH3 is 1. The highest BCUT2D eigenvalue weighted by Crippen LogP contribution is 2.30. The molecule has 2 atom stereocenters. The average molecular weight is 318 g/mol. The molecule has 1 saturated carbocycles. The first kappa shape index (κ1) is 17.9.